The van der Waals surface area contributed by atoms with Gasteiger partial charge >= 0.3 is 0 Å². The van der Waals surface area contributed by atoms with E-state index in [0.717, 1.165) is 35.2 Å². The molecule has 1 aromatic carbocycles. The van der Waals surface area contributed by atoms with E-state index >= 15 is 0 Å². The Kier molecular flexibility index (Phi) is 4.71. The summed E-state index contributed by atoms with van der Waals surface area (Å²) in [6, 6.07) is 11.9. The van der Waals surface area contributed by atoms with Crippen molar-refractivity contribution < 1.29 is 9.53 Å². The maximum absolute atomic E-state index is 12.9. The summed E-state index contributed by atoms with van der Waals surface area (Å²) >= 11 is 0. The van der Waals surface area contributed by atoms with Gasteiger partial charge in [-0.05, 0) is 30.3 Å². The van der Waals surface area contributed by atoms with E-state index in [1.165, 1.54) is 0 Å². The summed E-state index contributed by atoms with van der Waals surface area (Å²) < 4.78 is 5.96. The number of pyridine rings is 1. The van der Waals surface area contributed by atoms with Crippen LogP contribution in [-0.4, -0.2) is 54.1 Å². The molecule has 0 radical (unpaired) electrons. The van der Waals surface area contributed by atoms with Gasteiger partial charge in [0.1, 0.15) is 17.5 Å². The van der Waals surface area contributed by atoms with Crippen molar-refractivity contribution in [1.82, 2.24) is 14.9 Å². The highest BCUT2D eigenvalue weighted by Gasteiger charge is 2.25. The van der Waals surface area contributed by atoms with Gasteiger partial charge in [-0.1, -0.05) is 6.07 Å². The monoisotopic (exact) mass is 364 g/mol. The van der Waals surface area contributed by atoms with Crippen molar-refractivity contribution in [3.05, 3.63) is 54.5 Å². The van der Waals surface area contributed by atoms with Crippen LogP contribution in [0.5, 0.6) is 5.75 Å². The minimum Gasteiger partial charge on any atom is -0.489 e. The van der Waals surface area contributed by atoms with Crippen LogP contribution in [0.3, 0.4) is 0 Å². The summed E-state index contributed by atoms with van der Waals surface area (Å²) in [5, 5.41) is 1.05. The molecule has 3 aromatic rings. The number of hydrogen-bond acceptors (Lipinski definition) is 4. The molecule has 1 aliphatic heterocycles. The number of aromatic amines is 1. The molecule has 140 valence electrons. The maximum atomic E-state index is 12.9. The minimum atomic E-state index is 0.0532. The number of H-pyrrole nitrogens is 1. The van der Waals surface area contributed by atoms with Gasteiger partial charge in [0.25, 0.3) is 5.91 Å². The predicted octanol–water partition coefficient (Wildman–Crippen LogP) is 3.31. The Morgan fingerprint density at radius 2 is 2.04 bits per heavy atom. The molecule has 0 aliphatic carbocycles. The van der Waals surface area contributed by atoms with Gasteiger partial charge in [0.15, 0.2) is 0 Å². The summed E-state index contributed by atoms with van der Waals surface area (Å²) in [7, 11) is 4.02. The van der Waals surface area contributed by atoms with E-state index in [-0.39, 0.29) is 12.0 Å². The number of anilines is 1. The van der Waals surface area contributed by atoms with Crippen LogP contribution < -0.4 is 9.64 Å². The molecule has 0 bridgehead atoms. The van der Waals surface area contributed by atoms with Gasteiger partial charge in [0.05, 0.1) is 6.20 Å². The van der Waals surface area contributed by atoms with Crippen LogP contribution >= 0.6 is 0 Å². The van der Waals surface area contributed by atoms with Gasteiger partial charge in [-0.25, -0.2) is 0 Å². The lowest BCUT2D eigenvalue weighted by molar-refractivity contribution is 0.0590. The number of fused-ring (bicyclic) bond motifs is 1. The fourth-order valence-electron chi connectivity index (χ4n) is 3.46. The number of aromatic nitrogens is 2. The normalized spacial score (nSPS) is 15.1. The maximum Gasteiger partial charge on any atom is 0.270 e. The van der Waals surface area contributed by atoms with E-state index in [0.29, 0.717) is 18.8 Å². The third-order valence-corrected chi connectivity index (χ3v) is 5.02. The lowest BCUT2D eigenvalue weighted by atomic mass is 10.1. The fraction of sp³-hybridized carbons (Fsp3) is 0.333. The Balaban J connectivity index is 1.41. The third-order valence-electron chi connectivity index (χ3n) is 5.02. The van der Waals surface area contributed by atoms with Crippen molar-refractivity contribution in [2.45, 2.75) is 18.9 Å². The molecule has 2 aromatic heterocycles. The zero-order valence-electron chi connectivity index (χ0n) is 15.7. The summed E-state index contributed by atoms with van der Waals surface area (Å²) in [6.45, 7) is 1.39. The van der Waals surface area contributed by atoms with Gasteiger partial charge in [0.2, 0.25) is 0 Å². The number of rotatable bonds is 4. The number of likely N-dealkylation sites (tertiary alicyclic amines) is 1. The second-order valence-electron chi connectivity index (χ2n) is 7.15. The summed E-state index contributed by atoms with van der Waals surface area (Å²) in [4.78, 5) is 24.2. The first-order valence-corrected chi connectivity index (χ1v) is 9.26. The molecule has 27 heavy (non-hydrogen) atoms. The quantitative estimate of drug-likeness (QED) is 0.771. The zero-order chi connectivity index (χ0) is 18.8. The largest absolute Gasteiger partial charge is 0.489 e. The molecule has 3 heterocycles. The SMILES string of the molecule is CN(C)c1ccc2cc(C(=O)N3CCC(Oc4cccnc4)CC3)[nH]c2c1. The van der Waals surface area contributed by atoms with Crippen molar-refractivity contribution in [1.29, 1.82) is 0 Å². The molecule has 0 spiro atoms. The molecule has 1 N–H and O–H groups in total. The van der Waals surface area contributed by atoms with Gasteiger partial charge in [-0.3, -0.25) is 9.78 Å². The lowest BCUT2D eigenvalue weighted by Gasteiger charge is -2.31. The van der Waals surface area contributed by atoms with Crippen molar-refractivity contribution in [2.24, 2.45) is 0 Å². The molecule has 6 nitrogen and oxygen atoms in total. The van der Waals surface area contributed by atoms with E-state index in [1.54, 1.807) is 12.4 Å². The lowest BCUT2D eigenvalue weighted by Crippen LogP contribution is -2.41. The molecular formula is C21H24N4O2. The van der Waals surface area contributed by atoms with Gasteiger partial charge in [-0.15, -0.1) is 0 Å². The smallest absolute Gasteiger partial charge is 0.270 e. The third kappa shape index (κ3) is 3.74. The number of amides is 1. The highest BCUT2D eigenvalue weighted by Crippen LogP contribution is 2.24. The first-order chi connectivity index (χ1) is 13.1. The number of carbonyl (C=O) groups is 1. The summed E-state index contributed by atoms with van der Waals surface area (Å²) in [5.74, 6) is 0.840. The van der Waals surface area contributed by atoms with E-state index in [9.17, 15) is 4.79 Å². The van der Waals surface area contributed by atoms with E-state index < -0.39 is 0 Å². The predicted molar refractivity (Wildman–Crippen MR) is 106 cm³/mol. The standard InChI is InChI=1S/C21H24N4O2/c1-24(2)16-6-5-15-12-20(23-19(15)13-16)21(26)25-10-7-17(8-11-25)27-18-4-3-9-22-14-18/h3-6,9,12-14,17,23H,7-8,10-11H2,1-2H3. The van der Waals surface area contributed by atoms with Crippen molar-refractivity contribution in [3.63, 3.8) is 0 Å². The Hall–Kier alpha value is -3.02. The molecule has 0 unspecified atom stereocenters. The van der Waals surface area contributed by atoms with Crippen molar-refractivity contribution in [2.75, 3.05) is 32.1 Å². The van der Waals surface area contributed by atoms with Crippen LogP contribution in [0.25, 0.3) is 10.9 Å². The van der Waals surface area contributed by atoms with Gasteiger partial charge in [-0.2, -0.15) is 0 Å². The van der Waals surface area contributed by atoms with Gasteiger partial charge < -0.3 is 19.5 Å². The van der Waals surface area contributed by atoms with Crippen LogP contribution in [0.4, 0.5) is 5.69 Å². The highest BCUT2D eigenvalue weighted by atomic mass is 16.5. The number of benzene rings is 1. The molecule has 1 saturated heterocycles. The van der Waals surface area contributed by atoms with Crippen LogP contribution in [0.1, 0.15) is 23.3 Å². The van der Waals surface area contributed by atoms with Crippen LogP contribution in [0.15, 0.2) is 48.8 Å². The number of nitrogens with one attached hydrogen (secondary N) is 1. The topological polar surface area (TPSA) is 61.5 Å². The summed E-state index contributed by atoms with van der Waals surface area (Å²) in [5.41, 5.74) is 2.74. The number of carbonyl (C=O) groups excluding carboxylic acids is 1. The Bertz CT molecular complexity index is 928. The Morgan fingerprint density at radius 1 is 1.22 bits per heavy atom. The van der Waals surface area contributed by atoms with E-state index in [1.807, 2.05) is 43.3 Å². The first-order valence-electron chi connectivity index (χ1n) is 9.26. The number of hydrogen-bond donors (Lipinski definition) is 1. The van der Waals surface area contributed by atoms with Crippen LogP contribution in [0.2, 0.25) is 0 Å². The molecule has 6 heteroatoms. The average Bonchev–Trinajstić information content (AvgIpc) is 3.12. The summed E-state index contributed by atoms with van der Waals surface area (Å²) in [6.07, 6.45) is 5.24. The highest BCUT2D eigenvalue weighted by molar-refractivity contribution is 5.98. The Morgan fingerprint density at radius 3 is 2.74 bits per heavy atom. The van der Waals surface area contributed by atoms with Gasteiger partial charge in [0, 0.05) is 62.8 Å². The molecule has 0 atom stereocenters. The van der Waals surface area contributed by atoms with Crippen molar-refractivity contribution in [3.8, 4) is 5.75 Å². The van der Waals surface area contributed by atoms with Crippen LogP contribution in [0, 0.1) is 0 Å². The molecule has 1 fully saturated rings. The molecule has 1 aliphatic rings. The Labute approximate surface area is 158 Å². The molecule has 1 amide bonds. The minimum absolute atomic E-state index is 0.0532. The molecular weight excluding hydrogens is 340 g/mol. The van der Waals surface area contributed by atoms with Crippen molar-refractivity contribution >= 4 is 22.5 Å². The second kappa shape index (κ2) is 7.31. The number of piperidine rings is 1. The number of nitrogens with zero attached hydrogens (tertiary/aromatic N) is 3. The average molecular weight is 364 g/mol. The van der Waals surface area contributed by atoms with Crippen LogP contribution in [-0.2, 0) is 0 Å². The number of ether oxygens (including phenoxy) is 1. The molecule has 4 rings (SSSR count). The fourth-order valence-corrected chi connectivity index (χ4v) is 3.46. The zero-order valence-corrected chi connectivity index (χ0v) is 15.7. The van der Waals surface area contributed by atoms with E-state index in [4.69, 9.17) is 4.74 Å². The second-order valence-corrected chi connectivity index (χ2v) is 7.15. The first kappa shape index (κ1) is 17.4. The van der Waals surface area contributed by atoms with E-state index in [2.05, 4.69) is 27.0 Å². The molecule has 0 saturated carbocycles.